The number of H-pyrrole nitrogens is 1. The Morgan fingerprint density at radius 3 is 2.61 bits per heavy atom. The molecule has 0 fully saturated rings. The van der Waals surface area contributed by atoms with Crippen LogP contribution in [0, 0.1) is 20.8 Å². The molecule has 96 valence electrons. The van der Waals surface area contributed by atoms with Crippen LogP contribution in [-0.2, 0) is 13.0 Å². The molecule has 0 aliphatic carbocycles. The second-order valence-corrected chi connectivity index (χ2v) is 4.83. The highest BCUT2D eigenvalue weighted by atomic mass is 14.9. The van der Waals surface area contributed by atoms with Crippen molar-refractivity contribution in [2.75, 3.05) is 6.54 Å². The van der Waals surface area contributed by atoms with Crippen LogP contribution in [0.15, 0.2) is 24.5 Å². The monoisotopic (exact) mass is 243 g/mol. The van der Waals surface area contributed by atoms with Crippen LogP contribution in [0.1, 0.15) is 28.1 Å². The van der Waals surface area contributed by atoms with Gasteiger partial charge in [0.1, 0.15) is 5.82 Å². The normalized spacial score (nSPS) is 10.8. The van der Waals surface area contributed by atoms with Crippen LogP contribution in [0.2, 0.25) is 0 Å². The van der Waals surface area contributed by atoms with E-state index in [0.29, 0.717) is 0 Å². The van der Waals surface area contributed by atoms with Crippen molar-refractivity contribution < 1.29 is 0 Å². The predicted molar refractivity (Wildman–Crippen MR) is 74.7 cm³/mol. The molecule has 0 aliphatic heterocycles. The van der Waals surface area contributed by atoms with E-state index < -0.39 is 0 Å². The van der Waals surface area contributed by atoms with E-state index in [-0.39, 0.29) is 0 Å². The Bertz CT molecular complexity index is 501. The first-order valence-electron chi connectivity index (χ1n) is 6.42. The summed E-state index contributed by atoms with van der Waals surface area (Å²) in [4.78, 5) is 7.32. The zero-order valence-corrected chi connectivity index (χ0v) is 11.4. The lowest BCUT2D eigenvalue weighted by Crippen LogP contribution is -2.18. The molecule has 0 amide bonds. The van der Waals surface area contributed by atoms with Crippen LogP contribution in [-0.4, -0.2) is 16.5 Å². The summed E-state index contributed by atoms with van der Waals surface area (Å²) in [5.41, 5.74) is 5.48. The molecule has 1 aromatic heterocycles. The molecule has 0 saturated heterocycles. The predicted octanol–water partition coefficient (Wildman–Crippen LogP) is 2.67. The molecule has 0 unspecified atom stereocenters. The van der Waals surface area contributed by atoms with Gasteiger partial charge in [0.05, 0.1) is 0 Å². The number of aromatic amines is 1. The number of rotatable bonds is 5. The molecule has 0 spiro atoms. The fourth-order valence-electron chi connectivity index (χ4n) is 2.08. The van der Waals surface area contributed by atoms with Crippen LogP contribution >= 0.6 is 0 Å². The smallest absolute Gasteiger partial charge is 0.107 e. The average Bonchev–Trinajstić information content (AvgIpc) is 2.84. The molecule has 0 aliphatic rings. The Morgan fingerprint density at radius 1 is 1.11 bits per heavy atom. The molecule has 2 aromatic rings. The maximum absolute atomic E-state index is 4.21. The topological polar surface area (TPSA) is 40.7 Å². The van der Waals surface area contributed by atoms with Gasteiger partial charge in [-0.15, -0.1) is 0 Å². The van der Waals surface area contributed by atoms with Crippen molar-refractivity contribution >= 4 is 0 Å². The third kappa shape index (κ3) is 3.20. The summed E-state index contributed by atoms with van der Waals surface area (Å²) < 4.78 is 0. The van der Waals surface area contributed by atoms with Crippen molar-refractivity contribution in [3.05, 3.63) is 52.6 Å². The van der Waals surface area contributed by atoms with Gasteiger partial charge in [-0.3, -0.25) is 0 Å². The molecule has 0 bridgehead atoms. The highest BCUT2D eigenvalue weighted by Crippen LogP contribution is 2.14. The third-order valence-corrected chi connectivity index (χ3v) is 3.36. The third-order valence-electron chi connectivity index (χ3n) is 3.36. The van der Waals surface area contributed by atoms with Crippen LogP contribution in [0.25, 0.3) is 0 Å². The zero-order valence-electron chi connectivity index (χ0n) is 11.4. The summed E-state index contributed by atoms with van der Waals surface area (Å²) in [6.45, 7) is 8.38. The van der Waals surface area contributed by atoms with Crippen molar-refractivity contribution in [3.63, 3.8) is 0 Å². The van der Waals surface area contributed by atoms with E-state index >= 15 is 0 Å². The van der Waals surface area contributed by atoms with Gasteiger partial charge in [-0.2, -0.15) is 0 Å². The van der Waals surface area contributed by atoms with Gasteiger partial charge in [0.15, 0.2) is 0 Å². The molecule has 1 heterocycles. The van der Waals surface area contributed by atoms with Crippen molar-refractivity contribution in [3.8, 4) is 0 Å². The molecule has 1 aromatic carbocycles. The van der Waals surface area contributed by atoms with Gasteiger partial charge in [0, 0.05) is 31.9 Å². The number of hydrogen-bond donors (Lipinski definition) is 2. The zero-order chi connectivity index (χ0) is 13.0. The van der Waals surface area contributed by atoms with Crippen LogP contribution in [0.4, 0.5) is 0 Å². The van der Waals surface area contributed by atoms with E-state index in [0.717, 1.165) is 25.3 Å². The quantitative estimate of drug-likeness (QED) is 0.793. The number of imidazole rings is 1. The summed E-state index contributed by atoms with van der Waals surface area (Å²) in [7, 11) is 0. The van der Waals surface area contributed by atoms with Crippen molar-refractivity contribution in [1.82, 2.24) is 15.3 Å². The molecule has 18 heavy (non-hydrogen) atoms. The number of hydrogen-bond acceptors (Lipinski definition) is 2. The van der Waals surface area contributed by atoms with E-state index in [4.69, 9.17) is 0 Å². The molecule has 0 radical (unpaired) electrons. The minimum absolute atomic E-state index is 0.924. The van der Waals surface area contributed by atoms with Gasteiger partial charge in [-0.05, 0) is 43.0 Å². The van der Waals surface area contributed by atoms with E-state index in [9.17, 15) is 0 Å². The second-order valence-electron chi connectivity index (χ2n) is 4.83. The summed E-state index contributed by atoms with van der Waals surface area (Å²) in [5, 5.41) is 3.47. The number of aryl methyl sites for hydroxylation is 3. The summed E-state index contributed by atoms with van der Waals surface area (Å²) in [6, 6.07) is 4.55. The van der Waals surface area contributed by atoms with E-state index in [2.05, 4.69) is 48.2 Å². The molecule has 3 nitrogen and oxygen atoms in total. The van der Waals surface area contributed by atoms with Gasteiger partial charge in [0.25, 0.3) is 0 Å². The minimum Gasteiger partial charge on any atom is -0.349 e. The van der Waals surface area contributed by atoms with Gasteiger partial charge in [-0.25, -0.2) is 4.98 Å². The first-order chi connectivity index (χ1) is 8.66. The molecular weight excluding hydrogens is 222 g/mol. The Kier molecular flexibility index (Phi) is 4.15. The summed E-state index contributed by atoms with van der Waals surface area (Å²) >= 11 is 0. The van der Waals surface area contributed by atoms with Gasteiger partial charge in [0.2, 0.25) is 0 Å². The number of benzene rings is 1. The Labute approximate surface area is 109 Å². The highest BCUT2D eigenvalue weighted by Gasteiger charge is 2.02. The Morgan fingerprint density at radius 2 is 1.89 bits per heavy atom. The minimum atomic E-state index is 0.924. The SMILES string of the molecule is Cc1cc(C)c(CNCCc2ncc[nH]2)cc1C. The first-order valence-corrected chi connectivity index (χ1v) is 6.42. The number of nitrogens with one attached hydrogen (secondary N) is 2. The second kappa shape index (κ2) is 5.83. The average molecular weight is 243 g/mol. The van der Waals surface area contributed by atoms with Gasteiger partial charge in [-0.1, -0.05) is 12.1 Å². The van der Waals surface area contributed by atoms with Crippen molar-refractivity contribution in [2.45, 2.75) is 33.7 Å². The van der Waals surface area contributed by atoms with Gasteiger partial charge >= 0.3 is 0 Å². The fraction of sp³-hybridized carbons (Fsp3) is 0.400. The standard InChI is InChI=1S/C15H21N3/c1-11-8-13(3)14(9-12(11)2)10-16-5-4-15-17-6-7-18-15/h6-9,16H,4-5,10H2,1-3H3,(H,17,18). The Hall–Kier alpha value is -1.61. The van der Waals surface area contributed by atoms with Gasteiger partial charge < -0.3 is 10.3 Å². The molecule has 0 atom stereocenters. The maximum Gasteiger partial charge on any atom is 0.107 e. The molecule has 3 heteroatoms. The lowest BCUT2D eigenvalue weighted by atomic mass is 10.0. The molecular formula is C15H21N3. The molecule has 2 N–H and O–H groups in total. The largest absolute Gasteiger partial charge is 0.349 e. The summed E-state index contributed by atoms with van der Waals surface area (Å²) in [6.07, 6.45) is 4.60. The molecule has 0 saturated carbocycles. The van der Waals surface area contributed by atoms with Crippen LogP contribution in [0.5, 0.6) is 0 Å². The number of nitrogens with zero attached hydrogens (tertiary/aromatic N) is 1. The molecule has 2 rings (SSSR count). The lowest BCUT2D eigenvalue weighted by molar-refractivity contribution is 0.671. The van der Waals surface area contributed by atoms with Crippen molar-refractivity contribution in [1.29, 1.82) is 0 Å². The first kappa shape index (κ1) is 12.8. The van der Waals surface area contributed by atoms with E-state index in [1.807, 2.05) is 6.20 Å². The van der Waals surface area contributed by atoms with Crippen LogP contribution in [0.3, 0.4) is 0 Å². The Balaban J connectivity index is 1.85. The number of aromatic nitrogens is 2. The maximum atomic E-state index is 4.21. The van der Waals surface area contributed by atoms with E-state index in [1.54, 1.807) is 6.20 Å². The lowest BCUT2D eigenvalue weighted by Gasteiger charge is -2.10. The van der Waals surface area contributed by atoms with E-state index in [1.165, 1.54) is 22.3 Å². The highest BCUT2D eigenvalue weighted by molar-refractivity contribution is 5.36. The summed E-state index contributed by atoms with van der Waals surface area (Å²) in [5.74, 6) is 1.04. The van der Waals surface area contributed by atoms with Crippen LogP contribution < -0.4 is 5.32 Å². The fourth-order valence-corrected chi connectivity index (χ4v) is 2.08. The van der Waals surface area contributed by atoms with Crippen molar-refractivity contribution in [2.24, 2.45) is 0 Å².